The summed E-state index contributed by atoms with van der Waals surface area (Å²) in [7, 11) is 1.58. The molecule has 1 amide bonds. The van der Waals surface area contributed by atoms with Gasteiger partial charge >= 0.3 is 0 Å². The van der Waals surface area contributed by atoms with Crippen LogP contribution in [0.5, 0.6) is 0 Å². The molecule has 1 saturated heterocycles. The highest BCUT2D eigenvalue weighted by Crippen LogP contribution is 2.46. The molecule has 30 heavy (non-hydrogen) atoms. The molecule has 5 rings (SSSR count). The van der Waals surface area contributed by atoms with Gasteiger partial charge in [-0.15, -0.1) is 21.5 Å². The number of rotatable bonds is 3. The van der Waals surface area contributed by atoms with Gasteiger partial charge in [0, 0.05) is 43.8 Å². The zero-order valence-electron chi connectivity index (χ0n) is 16.7. The van der Waals surface area contributed by atoms with Gasteiger partial charge in [-0.3, -0.25) is 14.8 Å². The first-order valence-electron chi connectivity index (χ1n) is 10.0. The number of hydrogen-bond donors (Lipinski definition) is 1. The van der Waals surface area contributed by atoms with Crippen molar-refractivity contribution in [2.24, 2.45) is 0 Å². The predicted octanol–water partition coefficient (Wildman–Crippen LogP) is 2.42. The van der Waals surface area contributed by atoms with E-state index in [0.29, 0.717) is 5.69 Å². The van der Waals surface area contributed by atoms with Crippen LogP contribution in [0.1, 0.15) is 33.8 Å². The van der Waals surface area contributed by atoms with Crippen LogP contribution in [0.3, 0.4) is 0 Å². The number of nitrogens with zero attached hydrogens (tertiary/aromatic N) is 5. The summed E-state index contributed by atoms with van der Waals surface area (Å²) in [6.07, 6.45) is 7.95. The number of fused-ring (bicyclic) bond motifs is 2. The van der Waals surface area contributed by atoms with Crippen LogP contribution >= 0.6 is 11.3 Å². The van der Waals surface area contributed by atoms with Gasteiger partial charge in [-0.05, 0) is 36.6 Å². The van der Waals surface area contributed by atoms with Gasteiger partial charge in [0.25, 0.3) is 5.91 Å². The van der Waals surface area contributed by atoms with Crippen molar-refractivity contribution in [3.8, 4) is 10.6 Å². The van der Waals surface area contributed by atoms with Gasteiger partial charge in [-0.25, -0.2) is 0 Å². The van der Waals surface area contributed by atoms with Crippen molar-refractivity contribution in [1.82, 2.24) is 25.5 Å². The lowest BCUT2D eigenvalue weighted by Gasteiger charge is -2.44. The fourth-order valence-corrected chi connectivity index (χ4v) is 5.42. The maximum absolute atomic E-state index is 11.7. The minimum Gasteiger partial charge on any atom is -0.370 e. The van der Waals surface area contributed by atoms with Crippen molar-refractivity contribution in [3.63, 3.8) is 0 Å². The second kappa shape index (κ2) is 7.73. The molecule has 1 fully saturated rings. The Labute approximate surface area is 178 Å². The van der Waals surface area contributed by atoms with Crippen LogP contribution < -0.4 is 10.2 Å². The fourth-order valence-electron chi connectivity index (χ4n) is 4.22. The van der Waals surface area contributed by atoms with Crippen LogP contribution in [-0.2, 0) is 16.8 Å². The summed E-state index contributed by atoms with van der Waals surface area (Å²) in [6, 6.07) is 5.82. The van der Waals surface area contributed by atoms with E-state index in [0.717, 1.165) is 55.3 Å². The first-order valence-corrected chi connectivity index (χ1v) is 10.8. The highest BCUT2D eigenvalue weighted by atomic mass is 32.1. The zero-order chi connectivity index (χ0) is 20.6. The molecule has 0 radical (unpaired) electrons. The lowest BCUT2D eigenvalue weighted by atomic mass is 9.82. The number of hydrogen-bond acceptors (Lipinski definition) is 8. The Balaban J connectivity index is 1.35. The molecule has 1 N–H and O–H groups in total. The molecule has 154 valence electrons. The lowest BCUT2D eigenvalue weighted by molar-refractivity contribution is -0.0757. The van der Waals surface area contributed by atoms with Gasteiger partial charge in [-0.1, -0.05) is 0 Å². The Morgan fingerprint density at radius 3 is 2.80 bits per heavy atom. The Morgan fingerprint density at radius 1 is 1.23 bits per heavy atom. The topological polar surface area (TPSA) is 93.1 Å². The summed E-state index contributed by atoms with van der Waals surface area (Å²) < 4.78 is 6.39. The van der Waals surface area contributed by atoms with Crippen LogP contribution in [0.4, 0.5) is 5.82 Å². The van der Waals surface area contributed by atoms with E-state index in [1.54, 1.807) is 36.8 Å². The SMILES string of the molecule is CNC(=O)c1ccc(N2CCC3(CC2)OCCc2sc(-c4cnccn4)cc23)nn1. The van der Waals surface area contributed by atoms with E-state index >= 15 is 0 Å². The molecule has 3 aromatic rings. The van der Waals surface area contributed by atoms with E-state index in [2.05, 4.69) is 36.4 Å². The standard InChI is InChI=1S/C21H22N6O2S/c1-22-20(28)15-2-3-19(26-25-15)27-9-5-21(6-10-27)14-12-18(16-13-23-7-8-24-16)30-17(14)4-11-29-21/h2-3,7-8,12-13H,4-6,9-11H2,1H3,(H,22,28). The lowest BCUT2D eigenvalue weighted by Crippen LogP contribution is -2.46. The first kappa shape index (κ1) is 19.1. The average Bonchev–Trinajstić information content (AvgIpc) is 3.26. The van der Waals surface area contributed by atoms with Crippen LogP contribution in [0, 0.1) is 0 Å². The molecule has 2 aliphatic rings. The molecule has 3 aromatic heterocycles. The Kier molecular flexibility index (Phi) is 4.92. The fraction of sp³-hybridized carbons (Fsp3) is 0.381. The molecular weight excluding hydrogens is 400 g/mol. The van der Waals surface area contributed by atoms with E-state index in [-0.39, 0.29) is 11.5 Å². The summed E-state index contributed by atoms with van der Waals surface area (Å²) >= 11 is 1.80. The highest BCUT2D eigenvalue weighted by Gasteiger charge is 2.42. The molecule has 9 heteroatoms. The van der Waals surface area contributed by atoms with Gasteiger partial charge in [0.2, 0.25) is 0 Å². The predicted molar refractivity (Wildman–Crippen MR) is 114 cm³/mol. The van der Waals surface area contributed by atoms with Crippen LogP contribution in [0.25, 0.3) is 10.6 Å². The molecule has 0 saturated carbocycles. The summed E-state index contributed by atoms with van der Waals surface area (Å²) in [4.78, 5) is 25.1. The number of amides is 1. The highest BCUT2D eigenvalue weighted by molar-refractivity contribution is 7.15. The Bertz CT molecular complexity index is 1050. The number of aromatic nitrogens is 4. The number of carbonyl (C=O) groups is 1. The summed E-state index contributed by atoms with van der Waals surface area (Å²) in [5, 5.41) is 10.9. The normalized spacial score (nSPS) is 17.6. The molecule has 0 unspecified atom stereocenters. The van der Waals surface area contributed by atoms with E-state index in [4.69, 9.17) is 4.74 Å². The quantitative estimate of drug-likeness (QED) is 0.693. The molecule has 0 bridgehead atoms. The van der Waals surface area contributed by atoms with Crippen LogP contribution in [0.2, 0.25) is 0 Å². The van der Waals surface area contributed by atoms with E-state index in [9.17, 15) is 4.79 Å². The van der Waals surface area contributed by atoms with Gasteiger partial charge in [0.05, 0.1) is 29.0 Å². The molecule has 1 spiro atoms. The van der Waals surface area contributed by atoms with E-state index < -0.39 is 0 Å². The van der Waals surface area contributed by atoms with Crippen LogP contribution in [-0.4, -0.2) is 52.8 Å². The number of piperidine rings is 1. The maximum atomic E-state index is 11.7. The van der Waals surface area contributed by atoms with Crippen molar-refractivity contribution >= 4 is 23.1 Å². The van der Waals surface area contributed by atoms with Gasteiger partial charge < -0.3 is 15.0 Å². The zero-order valence-corrected chi connectivity index (χ0v) is 17.5. The minimum atomic E-state index is -0.253. The third-order valence-corrected chi connectivity index (χ3v) is 7.05. The van der Waals surface area contributed by atoms with Crippen molar-refractivity contribution in [1.29, 1.82) is 0 Å². The van der Waals surface area contributed by atoms with Crippen molar-refractivity contribution < 1.29 is 9.53 Å². The molecule has 0 aromatic carbocycles. The van der Waals surface area contributed by atoms with Crippen molar-refractivity contribution in [3.05, 3.63) is 52.9 Å². The molecule has 8 nitrogen and oxygen atoms in total. The molecule has 0 aliphatic carbocycles. The summed E-state index contributed by atoms with van der Waals surface area (Å²) in [5.74, 6) is 0.560. The summed E-state index contributed by atoms with van der Waals surface area (Å²) in [6.45, 7) is 2.39. The Morgan fingerprint density at radius 2 is 2.10 bits per heavy atom. The first-order chi connectivity index (χ1) is 14.7. The number of carbonyl (C=O) groups excluding carboxylic acids is 1. The van der Waals surface area contributed by atoms with Gasteiger partial charge in [-0.2, -0.15) is 0 Å². The summed E-state index contributed by atoms with van der Waals surface area (Å²) in [5.41, 5.74) is 2.29. The van der Waals surface area contributed by atoms with E-state index in [1.165, 1.54) is 10.4 Å². The molecule has 5 heterocycles. The number of nitrogens with one attached hydrogen (secondary N) is 1. The van der Waals surface area contributed by atoms with Crippen LogP contribution in [0.15, 0.2) is 36.8 Å². The second-order valence-corrected chi connectivity index (χ2v) is 8.61. The number of ether oxygens (including phenoxy) is 1. The number of anilines is 1. The van der Waals surface area contributed by atoms with E-state index in [1.807, 2.05) is 12.3 Å². The third-order valence-electron chi connectivity index (χ3n) is 5.83. The largest absolute Gasteiger partial charge is 0.370 e. The minimum absolute atomic E-state index is 0.230. The monoisotopic (exact) mass is 422 g/mol. The smallest absolute Gasteiger partial charge is 0.271 e. The van der Waals surface area contributed by atoms with Crippen molar-refractivity contribution in [2.45, 2.75) is 24.9 Å². The third kappa shape index (κ3) is 3.33. The maximum Gasteiger partial charge on any atom is 0.271 e. The van der Waals surface area contributed by atoms with Gasteiger partial charge in [0.15, 0.2) is 11.5 Å². The molecule has 0 atom stereocenters. The number of thiophene rings is 1. The molecular formula is C21H22N6O2S. The Hall–Kier alpha value is -2.91. The second-order valence-electron chi connectivity index (χ2n) is 7.47. The van der Waals surface area contributed by atoms with Gasteiger partial charge in [0.1, 0.15) is 0 Å². The van der Waals surface area contributed by atoms with Crippen molar-refractivity contribution in [2.75, 3.05) is 31.6 Å². The molecule has 2 aliphatic heterocycles. The average molecular weight is 423 g/mol.